The van der Waals surface area contributed by atoms with E-state index in [1.54, 1.807) is 13.2 Å². The van der Waals surface area contributed by atoms with Crippen molar-refractivity contribution in [1.82, 2.24) is 15.6 Å². The predicted octanol–water partition coefficient (Wildman–Crippen LogP) is 4.03. The summed E-state index contributed by atoms with van der Waals surface area (Å²) in [4.78, 5) is 8.54. The topological polar surface area (TPSA) is 49.3 Å². The van der Waals surface area contributed by atoms with Crippen LogP contribution >= 0.6 is 23.2 Å². The molecule has 0 aliphatic rings. The Balaban J connectivity index is 1.95. The smallest absolute Gasteiger partial charge is 0.191 e. The molecule has 1 heterocycles. The molecule has 0 atom stereocenters. The molecule has 2 rings (SSSR count). The van der Waals surface area contributed by atoms with E-state index in [0.717, 1.165) is 17.2 Å². The Morgan fingerprint density at radius 3 is 2.54 bits per heavy atom. The van der Waals surface area contributed by atoms with E-state index in [0.29, 0.717) is 23.1 Å². The van der Waals surface area contributed by atoms with Gasteiger partial charge in [0.25, 0.3) is 0 Å². The number of pyridine rings is 1. The zero-order chi connectivity index (χ0) is 17.6. The summed E-state index contributed by atoms with van der Waals surface area (Å²) in [7, 11) is 1.75. The number of aliphatic imine (C=N–C) groups is 1. The van der Waals surface area contributed by atoms with Gasteiger partial charge in [-0.15, -0.1) is 0 Å². The van der Waals surface area contributed by atoms with E-state index < -0.39 is 0 Å². The maximum Gasteiger partial charge on any atom is 0.191 e. The summed E-state index contributed by atoms with van der Waals surface area (Å²) in [6, 6.07) is 11.6. The molecule has 2 aromatic rings. The van der Waals surface area contributed by atoms with Crippen LogP contribution in [0, 0.1) is 0 Å². The van der Waals surface area contributed by atoms with Gasteiger partial charge in [-0.2, -0.15) is 0 Å². The minimum absolute atomic E-state index is 0.128. The Labute approximate surface area is 153 Å². The lowest BCUT2D eigenvalue weighted by atomic mass is 9.84. The molecule has 0 bridgehead atoms. The molecule has 1 aromatic heterocycles. The van der Waals surface area contributed by atoms with Crippen molar-refractivity contribution < 1.29 is 0 Å². The lowest BCUT2D eigenvalue weighted by molar-refractivity contribution is 0.508. The number of aromatic nitrogens is 1. The van der Waals surface area contributed by atoms with Crippen molar-refractivity contribution in [1.29, 1.82) is 0 Å². The van der Waals surface area contributed by atoms with Crippen LogP contribution in [0.25, 0.3) is 0 Å². The lowest BCUT2D eigenvalue weighted by Gasteiger charge is -2.27. The van der Waals surface area contributed by atoms with Gasteiger partial charge >= 0.3 is 0 Å². The van der Waals surface area contributed by atoms with Crippen molar-refractivity contribution in [2.75, 3.05) is 13.6 Å². The van der Waals surface area contributed by atoms with Crippen LogP contribution in [0.2, 0.25) is 10.0 Å². The van der Waals surface area contributed by atoms with Gasteiger partial charge in [0.2, 0.25) is 0 Å². The minimum atomic E-state index is -0.128. The molecule has 0 aliphatic carbocycles. The first-order chi connectivity index (χ1) is 11.4. The van der Waals surface area contributed by atoms with E-state index >= 15 is 0 Å². The zero-order valence-electron chi connectivity index (χ0n) is 14.1. The van der Waals surface area contributed by atoms with Crippen LogP contribution in [0.3, 0.4) is 0 Å². The van der Waals surface area contributed by atoms with Crippen LogP contribution in [0.4, 0.5) is 0 Å². The molecule has 24 heavy (non-hydrogen) atoms. The van der Waals surface area contributed by atoms with E-state index in [-0.39, 0.29) is 5.41 Å². The highest BCUT2D eigenvalue weighted by Crippen LogP contribution is 2.29. The number of rotatable bonds is 5. The fraction of sp³-hybridized carbons (Fsp3) is 0.333. The second-order valence-electron chi connectivity index (χ2n) is 6.11. The van der Waals surface area contributed by atoms with Gasteiger partial charge in [0.15, 0.2) is 5.96 Å². The summed E-state index contributed by atoms with van der Waals surface area (Å²) in [5.74, 6) is 0.730. The summed E-state index contributed by atoms with van der Waals surface area (Å²) in [6.07, 6.45) is 1.78. The number of hydrogen-bond donors (Lipinski definition) is 2. The molecule has 0 amide bonds. The van der Waals surface area contributed by atoms with E-state index in [9.17, 15) is 0 Å². The second-order valence-corrected chi connectivity index (χ2v) is 6.93. The maximum absolute atomic E-state index is 6.13. The summed E-state index contributed by atoms with van der Waals surface area (Å²) >= 11 is 12.1. The number of hydrogen-bond acceptors (Lipinski definition) is 2. The number of benzene rings is 1. The van der Waals surface area contributed by atoms with Crippen LogP contribution < -0.4 is 10.6 Å². The van der Waals surface area contributed by atoms with Crippen molar-refractivity contribution in [3.05, 3.63) is 63.9 Å². The Bertz CT molecular complexity index is 699. The molecule has 0 spiro atoms. The van der Waals surface area contributed by atoms with Gasteiger partial charge in [-0.25, -0.2) is 0 Å². The molecule has 0 fully saturated rings. The molecule has 0 unspecified atom stereocenters. The predicted molar refractivity (Wildman–Crippen MR) is 102 cm³/mol. The highest BCUT2D eigenvalue weighted by atomic mass is 35.5. The first-order valence-electron chi connectivity index (χ1n) is 7.72. The van der Waals surface area contributed by atoms with Crippen molar-refractivity contribution >= 4 is 29.2 Å². The molecule has 0 aliphatic heterocycles. The number of guanidine groups is 1. The summed E-state index contributed by atoms with van der Waals surface area (Å²) < 4.78 is 0. The first kappa shape index (κ1) is 18.6. The van der Waals surface area contributed by atoms with Gasteiger partial charge in [0.05, 0.1) is 22.3 Å². The summed E-state index contributed by atoms with van der Waals surface area (Å²) in [5, 5.41) is 7.74. The molecule has 1 aromatic carbocycles. The van der Waals surface area contributed by atoms with Crippen LogP contribution in [0.5, 0.6) is 0 Å². The standard InChI is InChI=1S/C18H22Cl2N4/c1-18(2,13-7-8-15(19)16(20)10-13)12-24-17(21-3)23-11-14-6-4-5-9-22-14/h4-10H,11-12H2,1-3H3,(H2,21,23,24). The van der Waals surface area contributed by atoms with E-state index in [1.807, 2.05) is 36.4 Å². The third-order valence-electron chi connectivity index (χ3n) is 3.79. The van der Waals surface area contributed by atoms with E-state index in [1.165, 1.54) is 0 Å². The molecule has 0 saturated carbocycles. The van der Waals surface area contributed by atoms with Gasteiger partial charge in [0, 0.05) is 25.2 Å². The molecule has 4 nitrogen and oxygen atoms in total. The SMILES string of the molecule is CN=C(NCc1ccccn1)NCC(C)(C)c1ccc(Cl)c(Cl)c1. The second kappa shape index (κ2) is 8.36. The largest absolute Gasteiger partial charge is 0.356 e. The number of nitrogens with one attached hydrogen (secondary N) is 2. The molecular weight excluding hydrogens is 343 g/mol. The fourth-order valence-corrected chi connectivity index (χ4v) is 2.52. The monoisotopic (exact) mass is 364 g/mol. The van der Waals surface area contributed by atoms with E-state index in [2.05, 4.69) is 34.5 Å². The number of halogens is 2. The lowest BCUT2D eigenvalue weighted by Crippen LogP contribution is -2.43. The average molecular weight is 365 g/mol. The summed E-state index contributed by atoms with van der Waals surface area (Å²) in [6.45, 7) is 5.61. The van der Waals surface area contributed by atoms with Crippen molar-refractivity contribution in [2.24, 2.45) is 4.99 Å². The molecule has 0 radical (unpaired) electrons. The van der Waals surface area contributed by atoms with Gasteiger partial charge < -0.3 is 10.6 Å². The summed E-state index contributed by atoms with van der Waals surface area (Å²) in [5.41, 5.74) is 1.95. The van der Waals surface area contributed by atoms with Crippen molar-refractivity contribution in [3.63, 3.8) is 0 Å². The first-order valence-corrected chi connectivity index (χ1v) is 8.48. The Hall–Kier alpha value is -1.78. The highest BCUT2D eigenvalue weighted by Gasteiger charge is 2.21. The van der Waals surface area contributed by atoms with Crippen LogP contribution in [-0.2, 0) is 12.0 Å². The molecule has 128 valence electrons. The van der Waals surface area contributed by atoms with Crippen molar-refractivity contribution in [3.8, 4) is 0 Å². The average Bonchev–Trinajstić information content (AvgIpc) is 2.58. The van der Waals surface area contributed by atoms with Gasteiger partial charge in [-0.1, -0.05) is 49.2 Å². The van der Waals surface area contributed by atoms with Gasteiger partial charge in [0.1, 0.15) is 0 Å². The molecule has 0 saturated heterocycles. The minimum Gasteiger partial charge on any atom is -0.356 e. The number of nitrogens with zero attached hydrogens (tertiary/aromatic N) is 2. The maximum atomic E-state index is 6.13. The quantitative estimate of drug-likeness (QED) is 0.621. The van der Waals surface area contributed by atoms with Crippen LogP contribution in [0.1, 0.15) is 25.1 Å². The van der Waals surface area contributed by atoms with Crippen molar-refractivity contribution in [2.45, 2.75) is 25.8 Å². The van der Waals surface area contributed by atoms with Crippen LogP contribution in [-0.4, -0.2) is 24.5 Å². The highest BCUT2D eigenvalue weighted by molar-refractivity contribution is 6.42. The normalized spacial score (nSPS) is 12.1. The molecular formula is C18H22Cl2N4. The molecule has 6 heteroatoms. The Morgan fingerprint density at radius 2 is 1.92 bits per heavy atom. The van der Waals surface area contributed by atoms with Gasteiger partial charge in [-0.05, 0) is 29.8 Å². The van der Waals surface area contributed by atoms with Crippen LogP contribution in [0.15, 0.2) is 47.6 Å². The third-order valence-corrected chi connectivity index (χ3v) is 4.52. The Kier molecular flexibility index (Phi) is 6.46. The van der Waals surface area contributed by atoms with Gasteiger partial charge in [-0.3, -0.25) is 9.98 Å². The van der Waals surface area contributed by atoms with E-state index in [4.69, 9.17) is 23.2 Å². The fourth-order valence-electron chi connectivity index (χ4n) is 2.22. The zero-order valence-corrected chi connectivity index (χ0v) is 15.6. The molecule has 2 N–H and O–H groups in total. The Morgan fingerprint density at radius 1 is 1.12 bits per heavy atom. The third kappa shape index (κ3) is 5.11.